The molecule has 0 amide bonds. The molecular weight excluding hydrogens is 194 g/mol. The van der Waals surface area contributed by atoms with Crippen molar-refractivity contribution in [1.82, 2.24) is 15.1 Å². The van der Waals surface area contributed by atoms with Gasteiger partial charge in [-0.3, -0.25) is 4.68 Å². The minimum Gasteiger partial charge on any atom is -0.389 e. The van der Waals surface area contributed by atoms with Gasteiger partial charge in [0.15, 0.2) is 0 Å². The van der Waals surface area contributed by atoms with Crippen LogP contribution in [0.2, 0.25) is 0 Å². The maximum Gasteiger partial charge on any atom is 0.0897 e. The fourth-order valence-electron chi connectivity index (χ4n) is 1.45. The van der Waals surface area contributed by atoms with Crippen molar-refractivity contribution in [2.75, 3.05) is 20.3 Å². The van der Waals surface area contributed by atoms with Gasteiger partial charge in [0.2, 0.25) is 0 Å². The van der Waals surface area contributed by atoms with E-state index in [1.54, 1.807) is 11.8 Å². The Labute approximate surface area is 90.1 Å². The van der Waals surface area contributed by atoms with Crippen LogP contribution in [0.25, 0.3) is 0 Å². The van der Waals surface area contributed by atoms with E-state index in [2.05, 4.69) is 10.4 Å². The maximum atomic E-state index is 9.39. The number of aromatic nitrogens is 2. The first-order valence-electron chi connectivity index (χ1n) is 5.00. The third-order valence-electron chi connectivity index (χ3n) is 2.17. The minimum absolute atomic E-state index is 0.360. The first-order chi connectivity index (χ1) is 7.13. The van der Waals surface area contributed by atoms with Crippen LogP contribution in [0.15, 0.2) is 6.20 Å². The SMILES string of the molecule is COCC(O)CNCc1cn(C)nc1C. The van der Waals surface area contributed by atoms with E-state index < -0.39 is 6.10 Å². The Kier molecular flexibility index (Phi) is 4.74. The van der Waals surface area contributed by atoms with E-state index in [4.69, 9.17) is 4.74 Å². The zero-order chi connectivity index (χ0) is 11.3. The van der Waals surface area contributed by atoms with Gasteiger partial charge in [-0.05, 0) is 6.92 Å². The Balaban J connectivity index is 2.28. The van der Waals surface area contributed by atoms with Crippen molar-refractivity contribution < 1.29 is 9.84 Å². The first-order valence-corrected chi connectivity index (χ1v) is 5.00. The van der Waals surface area contributed by atoms with Crippen LogP contribution in [0, 0.1) is 6.92 Å². The molecule has 1 heterocycles. The molecule has 1 aromatic rings. The van der Waals surface area contributed by atoms with Crippen LogP contribution >= 0.6 is 0 Å². The number of nitrogens with zero attached hydrogens (tertiary/aromatic N) is 2. The lowest BCUT2D eigenvalue weighted by atomic mass is 10.2. The standard InChI is InChI=1S/C10H19N3O2/c1-8-9(6-13(2)12-8)4-11-5-10(14)7-15-3/h6,10-11,14H,4-5,7H2,1-3H3. The number of aliphatic hydroxyl groups is 1. The highest BCUT2D eigenvalue weighted by Gasteiger charge is 2.05. The van der Waals surface area contributed by atoms with Gasteiger partial charge in [-0.15, -0.1) is 0 Å². The van der Waals surface area contributed by atoms with Crippen LogP contribution in [-0.4, -0.2) is 41.3 Å². The molecule has 0 aromatic carbocycles. The van der Waals surface area contributed by atoms with E-state index in [1.165, 1.54) is 0 Å². The van der Waals surface area contributed by atoms with E-state index in [-0.39, 0.29) is 0 Å². The third kappa shape index (κ3) is 3.99. The highest BCUT2D eigenvalue weighted by atomic mass is 16.5. The van der Waals surface area contributed by atoms with Crippen LogP contribution in [0.3, 0.4) is 0 Å². The lowest BCUT2D eigenvalue weighted by Crippen LogP contribution is -2.29. The minimum atomic E-state index is -0.452. The number of hydrogen-bond donors (Lipinski definition) is 2. The van der Waals surface area contributed by atoms with Gasteiger partial charge in [-0.25, -0.2) is 0 Å². The second kappa shape index (κ2) is 5.85. The molecule has 5 nitrogen and oxygen atoms in total. The molecule has 1 atom stereocenters. The van der Waals surface area contributed by atoms with Crippen LogP contribution in [0.5, 0.6) is 0 Å². The number of methoxy groups -OCH3 is 1. The predicted octanol–water partition coefficient (Wildman–Crippen LogP) is -0.175. The molecule has 0 saturated carbocycles. The average Bonchev–Trinajstić information content (AvgIpc) is 2.46. The van der Waals surface area contributed by atoms with Gasteiger partial charge in [0, 0.05) is 39.0 Å². The van der Waals surface area contributed by atoms with Gasteiger partial charge < -0.3 is 15.2 Å². The smallest absolute Gasteiger partial charge is 0.0897 e. The third-order valence-corrected chi connectivity index (χ3v) is 2.17. The van der Waals surface area contributed by atoms with Crippen LogP contribution in [0.4, 0.5) is 0 Å². The highest BCUT2D eigenvalue weighted by Crippen LogP contribution is 2.03. The Morgan fingerprint density at radius 1 is 1.67 bits per heavy atom. The molecular formula is C10H19N3O2. The van der Waals surface area contributed by atoms with Gasteiger partial charge >= 0.3 is 0 Å². The van der Waals surface area contributed by atoms with Crippen molar-refractivity contribution in [1.29, 1.82) is 0 Å². The lowest BCUT2D eigenvalue weighted by molar-refractivity contribution is 0.0644. The molecule has 0 bridgehead atoms. The summed E-state index contributed by atoms with van der Waals surface area (Å²) >= 11 is 0. The molecule has 5 heteroatoms. The summed E-state index contributed by atoms with van der Waals surface area (Å²) in [5, 5.41) is 16.8. The Morgan fingerprint density at radius 2 is 2.40 bits per heavy atom. The van der Waals surface area contributed by atoms with Gasteiger partial charge in [0.25, 0.3) is 0 Å². The Hall–Kier alpha value is -0.910. The summed E-state index contributed by atoms with van der Waals surface area (Å²) in [6.07, 6.45) is 1.53. The van der Waals surface area contributed by atoms with Crippen molar-refractivity contribution in [3.05, 3.63) is 17.5 Å². The topological polar surface area (TPSA) is 59.3 Å². The lowest BCUT2D eigenvalue weighted by Gasteiger charge is -2.09. The fraction of sp³-hybridized carbons (Fsp3) is 0.700. The number of aryl methyl sites for hydroxylation is 2. The molecule has 0 aliphatic rings. The molecule has 86 valence electrons. The maximum absolute atomic E-state index is 9.39. The van der Waals surface area contributed by atoms with Crippen molar-refractivity contribution in [2.24, 2.45) is 7.05 Å². The zero-order valence-electron chi connectivity index (χ0n) is 9.53. The molecule has 2 N–H and O–H groups in total. The molecule has 0 spiro atoms. The normalized spacial score (nSPS) is 13.1. The summed E-state index contributed by atoms with van der Waals surface area (Å²) in [6.45, 7) is 3.59. The molecule has 0 aliphatic heterocycles. The van der Waals surface area contributed by atoms with Crippen molar-refractivity contribution >= 4 is 0 Å². The highest BCUT2D eigenvalue weighted by molar-refractivity contribution is 5.14. The summed E-state index contributed by atoms with van der Waals surface area (Å²) in [5.74, 6) is 0. The molecule has 1 aromatic heterocycles. The molecule has 0 saturated heterocycles. The van der Waals surface area contributed by atoms with Crippen molar-refractivity contribution in [2.45, 2.75) is 19.6 Å². The summed E-state index contributed by atoms with van der Waals surface area (Å²) < 4.78 is 6.62. The van der Waals surface area contributed by atoms with Gasteiger partial charge in [-0.1, -0.05) is 0 Å². The molecule has 15 heavy (non-hydrogen) atoms. The number of ether oxygens (including phenoxy) is 1. The largest absolute Gasteiger partial charge is 0.389 e. The zero-order valence-corrected chi connectivity index (χ0v) is 9.53. The van der Waals surface area contributed by atoms with Crippen molar-refractivity contribution in [3.8, 4) is 0 Å². The molecule has 0 aliphatic carbocycles. The summed E-state index contributed by atoms with van der Waals surface area (Å²) in [4.78, 5) is 0. The van der Waals surface area contributed by atoms with E-state index in [1.807, 2.05) is 20.2 Å². The predicted molar refractivity (Wildman–Crippen MR) is 57.5 cm³/mol. The van der Waals surface area contributed by atoms with E-state index in [0.717, 1.165) is 17.8 Å². The van der Waals surface area contributed by atoms with E-state index in [9.17, 15) is 5.11 Å². The number of aliphatic hydroxyl groups excluding tert-OH is 1. The van der Waals surface area contributed by atoms with Gasteiger partial charge in [0.1, 0.15) is 0 Å². The molecule has 0 fully saturated rings. The van der Waals surface area contributed by atoms with E-state index >= 15 is 0 Å². The number of nitrogens with one attached hydrogen (secondary N) is 1. The monoisotopic (exact) mass is 213 g/mol. The van der Waals surface area contributed by atoms with E-state index in [0.29, 0.717) is 13.2 Å². The van der Waals surface area contributed by atoms with Crippen molar-refractivity contribution in [3.63, 3.8) is 0 Å². The molecule has 1 rings (SSSR count). The van der Waals surface area contributed by atoms with Gasteiger partial charge in [0.05, 0.1) is 18.4 Å². The van der Waals surface area contributed by atoms with Gasteiger partial charge in [-0.2, -0.15) is 5.10 Å². The molecule has 1 unspecified atom stereocenters. The average molecular weight is 213 g/mol. The number of rotatable bonds is 6. The number of hydrogen-bond acceptors (Lipinski definition) is 4. The van der Waals surface area contributed by atoms with Crippen LogP contribution < -0.4 is 5.32 Å². The summed E-state index contributed by atoms with van der Waals surface area (Å²) in [7, 11) is 3.48. The fourth-order valence-corrected chi connectivity index (χ4v) is 1.45. The summed E-state index contributed by atoms with van der Waals surface area (Å²) in [5.41, 5.74) is 2.17. The summed E-state index contributed by atoms with van der Waals surface area (Å²) in [6, 6.07) is 0. The second-order valence-electron chi connectivity index (χ2n) is 3.65. The Bertz CT molecular complexity index is 299. The first kappa shape index (κ1) is 12.2. The molecule has 0 radical (unpaired) electrons. The second-order valence-corrected chi connectivity index (χ2v) is 3.65. The van der Waals surface area contributed by atoms with Crippen LogP contribution in [-0.2, 0) is 18.3 Å². The van der Waals surface area contributed by atoms with Crippen LogP contribution in [0.1, 0.15) is 11.3 Å². The quantitative estimate of drug-likeness (QED) is 0.688. The Morgan fingerprint density at radius 3 is 2.93 bits per heavy atom.